The summed E-state index contributed by atoms with van der Waals surface area (Å²) < 4.78 is 0. The molecule has 3 rings (SSSR count). The normalized spacial score (nSPS) is 20.3. The van der Waals surface area contributed by atoms with Gasteiger partial charge in [0.25, 0.3) is 0 Å². The quantitative estimate of drug-likeness (QED) is 0.372. The number of carboxylic acids is 1. The van der Waals surface area contributed by atoms with E-state index in [0.29, 0.717) is 13.0 Å². The molecular formula is C23H34N2O4. The maximum atomic E-state index is 12.7. The first kappa shape index (κ1) is 21.8. The molecule has 0 aliphatic heterocycles. The van der Waals surface area contributed by atoms with E-state index in [9.17, 15) is 14.7 Å². The third-order valence-electron chi connectivity index (χ3n) is 6.94. The number of aliphatic carboxylic acids is 1. The van der Waals surface area contributed by atoms with Gasteiger partial charge in [-0.2, -0.15) is 0 Å². The number of nitrogens with one attached hydrogen (secondary N) is 2. The second kappa shape index (κ2) is 10.2. The Bertz CT molecular complexity index is 696. The van der Waals surface area contributed by atoms with Crippen LogP contribution in [0.2, 0.25) is 0 Å². The first-order valence-corrected chi connectivity index (χ1v) is 11.1. The maximum absolute atomic E-state index is 12.7. The second-order valence-electron chi connectivity index (χ2n) is 8.70. The first-order chi connectivity index (χ1) is 14.1. The van der Waals surface area contributed by atoms with Crippen LogP contribution in [-0.4, -0.2) is 27.7 Å². The highest BCUT2D eigenvalue weighted by molar-refractivity contribution is 5.80. The SMILES string of the molecule is O=C(CCc1cccc(CN[C@](C(=O)O)(C2CCCCC2)C2CCCC2)c1)NO. The molecule has 4 N–H and O–H groups in total. The lowest BCUT2D eigenvalue weighted by molar-refractivity contribution is -0.152. The molecule has 0 aromatic heterocycles. The number of hydrogen-bond donors (Lipinski definition) is 4. The van der Waals surface area contributed by atoms with Crippen LogP contribution in [0.3, 0.4) is 0 Å². The number of aryl methyl sites for hydroxylation is 1. The van der Waals surface area contributed by atoms with Crippen LogP contribution in [0.4, 0.5) is 0 Å². The molecule has 160 valence electrons. The fourth-order valence-corrected chi connectivity index (χ4v) is 5.44. The minimum atomic E-state index is -0.844. The number of benzene rings is 1. The monoisotopic (exact) mass is 402 g/mol. The Balaban J connectivity index is 1.76. The zero-order valence-corrected chi connectivity index (χ0v) is 17.2. The van der Waals surface area contributed by atoms with Crippen LogP contribution in [0, 0.1) is 11.8 Å². The fourth-order valence-electron chi connectivity index (χ4n) is 5.44. The minimum Gasteiger partial charge on any atom is -0.480 e. The molecule has 1 amide bonds. The topological polar surface area (TPSA) is 98.7 Å². The van der Waals surface area contributed by atoms with Crippen molar-refractivity contribution in [1.29, 1.82) is 0 Å². The van der Waals surface area contributed by atoms with Crippen molar-refractivity contribution in [3.8, 4) is 0 Å². The van der Waals surface area contributed by atoms with Gasteiger partial charge >= 0.3 is 5.97 Å². The molecule has 29 heavy (non-hydrogen) atoms. The van der Waals surface area contributed by atoms with Crippen molar-refractivity contribution in [3.05, 3.63) is 35.4 Å². The number of carboxylic acid groups (broad SMARTS) is 1. The second-order valence-corrected chi connectivity index (χ2v) is 8.70. The van der Waals surface area contributed by atoms with Crippen LogP contribution in [0.15, 0.2) is 24.3 Å². The lowest BCUT2D eigenvalue weighted by Crippen LogP contribution is -2.62. The van der Waals surface area contributed by atoms with Gasteiger partial charge in [-0.05, 0) is 55.1 Å². The molecular weight excluding hydrogens is 368 g/mol. The molecule has 0 radical (unpaired) electrons. The number of amides is 1. The number of rotatable bonds is 9. The molecule has 6 nitrogen and oxygen atoms in total. The van der Waals surface area contributed by atoms with Crippen molar-refractivity contribution >= 4 is 11.9 Å². The van der Waals surface area contributed by atoms with E-state index in [-0.39, 0.29) is 18.3 Å². The van der Waals surface area contributed by atoms with E-state index in [0.717, 1.165) is 62.5 Å². The summed E-state index contributed by atoms with van der Waals surface area (Å²) in [5.41, 5.74) is 2.86. The largest absolute Gasteiger partial charge is 0.480 e. The third kappa shape index (κ3) is 5.17. The summed E-state index contributed by atoms with van der Waals surface area (Å²) in [6, 6.07) is 7.93. The Kier molecular flexibility index (Phi) is 7.67. The van der Waals surface area contributed by atoms with E-state index >= 15 is 0 Å². The molecule has 6 heteroatoms. The van der Waals surface area contributed by atoms with Crippen LogP contribution in [-0.2, 0) is 22.6 Å². The zero-order chi connectivity index (χ0) is 20.7. The van der Waals surface area contributed by atoms with Gasteiger partial charge in [0.15, 0.2) is 0 Å². The van der Waals surface area contributed by atoms with Crippen molar-refractivity contribution in [2.45, 2.75) is 82.7 Å². The van der Waals surface area contributed by atoms with Gasteiger partial charge in [-0.25, -0.2) is 5.48 Å². The van der Waals surface area contributed by atoms with Crippen molar-refractivity contribution in [2.24, 2.45) is 11.8 Å². The minimum absolute atomic E-state index is 0.188. The van der Waals surface area contributed by atoms with Crippen molar-refractivity contribution in [1.82, 2.24) is 10.8 Å². The Labute approximate surface area is 173 Å². The summed E-state index contributed by atoms with van der Waals surface area (Å²) in [5, 5.41) is 22.6. The lowest BCUT2D eigenvalue weighted by Gasteiger charge is -2.44. The van der Waals surface area contributed by atoms with E-state index in [1.54, 1.807) is 5.48 Å². The van der Waals surface area contributed by atoms with Crippen molar-refractivity contribution < 1.29 is 19.9 Å². The Morgan fingerprint density at radius 3 is 2.14 bits per heavy atom. The van der Waals surface area contributed by atoms with Gasteiger partial charge in [0.05, 0.1) is 0 Å². The standard InChI is InChI=1S/C23H34N2O4/c26-21(25-29)14-13-17-7-6-8-18(15-17)16-24-23(22(27)28,20-11-4-5-12-20)19-9-2-1-3-10-19/h6-8,15,19-20,24,29H,1-5,9-14,16H2,(H,25,26)(H,27,28)/t23-/m1/s1. The smallest absolute Gasteiger partial charge is 0.324 e. The summed E-state index contributed by atoms with van der Waals surface area (Å²) in [5.74, 6) is -0.711. The van der Waals surface area contributed by atoms with Gasteiger partial charge in [0, 0.05) is 13.0 Å². The highest BCUT2D eigenvalue weighted by Gasteiger charge is 2.51. The summed E-state index contributed by atoms with van der Waals surface area (Å²) >= 11 is 0. The van der Waals surface area contributed by atoms with Crippen LogP contribution in [0.1, 0.15) is 75.3 Å². The molecule has 0 bridgehead atoms. The van der Waals surface area contributed by atoms with Gasteiger partial charge in [0.1, 0.15) is 5.54 Å². The zero-order valence-electron chi connectivity index (χ0n) is 17.2. The predicted octanol–water partition coefficient (Wildman–Crippen LogP) is 3.81. The van der Waals surface area contributed by atoms with Gasteiger partial charge < -0.3 is 5.11 Å². The average molecular weight is 403 g/mol. The predicted molar refractivity (Wildman–Crippen MR) is 110 cm³/mol. The average Bonchev–Trinajstić information content (AvgIpc) is 3.28. The molecule has 0 unspecified atom stereocenters. The van der Waals surface area contributed by atoms with Crippen LogP contribution >= 0.6 is 0 Å². The van der Waals surface area contributed by atoms with E-state index in [2.05, 4.69) is 5.32 Å². The van der Waals surface area contributed by atoms with E-state index in [1.807, 2.05) is 24.3 Å². The third-order valence-corrected chi connectivity index (χ3v) is 6.94. The highest BCUT2D eigenvalue weighted by Crippen LogP contribution is 2.44. The Hall–Kier alpha value is -1.92. The summed E-state index contributed by atoms with van der Waals surface area (Å²) in [6.45, 7) is 0.513. The molecule has 2 aliphatic rings. The van der Waals surface area contributed by atoms with E-state index < -0.39 is 17.4 Å². The molecule has 0 saturated heterocycles. The molecule has 2 fully saturated rings. The lowest BCUT2D eigenvalue weighted by atomic mass is 9.67. The Morgan fingerprint density at radius 1 is 0.966 bits per heavy atom. The van der Waals surface area contributed by atoms with Gasteiger partial charge in [-0.3, -0.25) is 20.1 Å². The van der Waals surface area contributed by atoms with E-state index in [4.69, 9.17) is 5.21 Å². The molecule has 1 aromatic carbocycles. The van der Waals surface area contributed by atoms with Crippen LogP contribution < -0.4 is 10.8 Å². The van der Waals surface area contributed by atoms with Gasteiger partial charge in [-0.1, -0.05) is 56.4 Å². The van der Waals surface area contributed by atoms with Gasteiger partial charge in [-0.15, -0.1) is 0 Å². The van der Waals surface area contributed by atoms with E-state index in [1.165, 1.54) is 6.42 Å². The van der Waals surface area contributed by atoms with Gasteiger partial charge in [0.2, 0.25) is 5.91 Å². The molecule has 0 spiro atoms. The Morgan fingerprint density at radius 2 is 1.55 bits per heavy atom. The first-order valence-electron chi connectivity index (χ1n) is 11.1. The fraction of sp³-hybridized carbons (Fsp3) is 0.652. The van der Waals surface area contributed by atoms with Crippen LogP contribution in [0.5, 0.6) is 0 Å². The summed E-state index contributed by atoms with van der Waals surface area (Å²) in [4.78, 5) is 24.0. The molecule has 2 saturated carbocycles. The van der Waals surface area contributed by atoms with Crippen molar-refractivity contribution in [2.75, 3.05) is 0 Å². The van der Waals surface area contributed by atoms with Crippen LogP contribution in [0.25, 0.3) is 0 Å². The summed E-state index contributed by atoms with van der Waals surface area (Å²) in [7, 11) is 0. The maximum Gasteiger partial charge on any atom is 0.324 e. The molecule has 0 heterocycles. The molecule has 1 aromatic rings. The molecule has 2 aliphatic carbocycles. The number of carbonyl (C=O) groups excluding carboxylic acids is 1. The number of carbonyl (C=O) groups is 2. The summed E-state index contributed by atoms with van der Waals surface area (Å²) in [6.07, 6.45) is 10.4. The molecule has 1 atom stereocenters. The highest BCUT2D eigenvalue weighted by atomic mass is 16.5. The number of hydroxylamine groups is 1. The van der Waals surface area contributed by atoms with Crippen molar-refractivity contribution in [3.63, 3.8) is 0 Å². The number of hydrogen-bond acceptors (Lipinski definition) is 4.